The number of rotatable bonds is 4. The highest BCUT2D eigenvalue weighted by Gasteiger charge is 2.16. The van der Waals surface area contributed by atoms with Crippen LogP contribution < -0.4 is 5.32 Å². The zero-order valence-corrected chi connectivity index (χ0v) is 14.1. The summed E-state index contributed by atoms with van der Waals surface area (Å²) in [5.74, 6) is -0.0652. The lowest BCUT2D eigenvalue weighted by atomic mass is 10.1. The van der Waals surface area contributed by atoms with Crippen LogP contribution in [0.4, 0.5) is 0 Å². The Labute approximate surface area is 131 Å². The Hall–Kier alpha value is -1.20. The number of benzene rings is 1. The summed E-state index contributed by atoms with van der Waals surface area (Å²) >= 11 is 5.10. The third-order valence-corrected chi connectivity index (χ3v) is 5.33. The van der Waals surface area contributed by atoms with Gasteiger partial charge in [-0.15, -0.1) is 11.3 Å². The van der Waals surface area contributed by atoms with Crippen molar-refractivity contribution in [2.45, 2.75) is 33.2 Å². The van der Waals surface area contributed by atoms with Crippen LogP contribution in [0.15, 0.2) is 28.9 Å². The number of carbonyl (C=O) groups is 1. The molecular weight excluding hydrogens is 336 g/mol. The third-order valence-electron chi connectivity index (χ3n) is 3.15. The van der Waals surface area contributed by atoms with Gasteiger partial charge < -0.3 is 5.32 Å². The molecule has 1 aromatic carbocycles. The van der Waals surface area contributed by atoms with Crippen molar-refractivity contribution in [3.05, 3.63) is 49.9 Å². The highest BCUT2D eigenvalue weighted by Crippen LogP contribution is 2.22. The first-order chi connectivity index (χ1) is 9.52. The van der Waals surface area contributed by atoms with E-state index < -0.39 is 0 Å². The standard InChI is InChI=1S/C15H17BrN2OS/c1-4-11-8-17-15(20-11)10(3)18-14(19)12-6-5-7-13(16)9(12)2/h5-8,10H,4H2,1-3H3,(H,18,19). The second-order valence-corrected chi connectivity index (χ2v) is 6.63. The number of hydrogen-bond donors (Lipinski definition) is 1. The Morgan fingerprint density at radius 3 is 2.90 bits per heavy atom. The Bertz CT molecular complexity index is 624. The predicted octanol–water partition coefficient (Wildman–Crippen LogP) is 4.27. The van der Waals surface area contributed by atoms with E-state index in [-0.39, 0.29) is 11.9 Å². The van der Waals surface area contributed by atoms with Gasteiger partial charge in [0.25, 0.3) is 5.91 Å². The summed E-state index contributed by atoms with van der Waals surface area (Å²) in [4.78, 5) is 17.9. The first-order valence-corrected chi connectivity index (χ1v) is 8.14. The number of aryl methyl sites for hydroxylation is 1. The van der Waals surface area contributed by atoms with Gasteiger partial charge in [0.1, 0.15) is 5.01 Å². The minimum Gasteiger partial charge on any atom is -0.343 e. The molecule has 0 aliphatic carbocycles. The van der Waals surface area contributed by atoms with Crippen molar-refractivity contribution in [1.29, 1.82) is 0 Å². The molecule has 0 saturated heterocycles. The highest BCUT2D eigenvalue weighted by atomic mass is 79.9. The summed E-state index contributed by atoms with van der Waals surface area (Å²) in [6, 6.07) is 5.56. The van der Waals surface area contributed by atoms with E-state index in [0.717, 1.165) is 21.5 Å². The van der Waals surface area contributed by atoms with Crippen molar-refractivity contribution >= 4 is 33.2 Å². The number of amides is 1. The Morgan fingerprint density at radius 1 is 1.50 bits per heavy atom. The summed E-state index contributed by atoms with van der Waals surface area (Å²) in [5.41, 5.74) is 1.64. The van der Waals surface area contributed by atoms with E-state index in [1.807, 2.05) is 38.2 Å². The molecule has 2 aromatic rings. The number of aromatic nitrogens is 1. The molecule has 1 aromatic heterocycles. The Morgan fingerprint density at radius 2 is 2.25 bits per heavy atom. The van der Waals surface area contributed by atoms with Gasteiger partial charge in [-0.3, -0.25) is 4.79 Å². The summed E-state index contributed by atoms with van der Waals surface area (Å²) in [7, 11) is 0. The van der Waals surface area contributed by atoms with Crippen LogP contribution >= 0.6 is 27.3 Å². The minimum atomic E-state index is -0.0776. The number of thiazole rings is 1. The molecule has 0 saturated carbocycles. The van der Waals surface area contributed by atoms with E-state index in [0.29, 0.717) is 5.56 Å². The maximum atomic E-state index is 12.3. The van der Waals surface area contributed by atoms with E-state index in [4.69, 9.17) is 0 Å². The summed E-state index contributed by atoms with van der Waals surface area (Å²) in [5, 5.41) is 3.95. The van der Waals surface area contributed by atoms with Crippen molar-refractivity contribution in [1.82, 2.24) is 10.3 Å². The fourth-order valence-corrected chi connectivity index (χ4v) is 3.10. The largest absolute Gasteiger partial charge is 0.343 e. The van der Waals surface area contributed by atoms with Crippen LogP contribution in [0.3, 0.4) is 0 Å². The lowest BCUT2D eigenvalue weighted by molar-refractivity contribution is 0.0939. The van der Waals surface area contributed by atoms with Gasteiger partial charge in [-0.05, 0) is 38.0 Å². The van der Waals surface area contributed by atoms with Crippen molar-refractivity contribution < 1.29 is 4.79 Å². The van der Waals surface area contributed by atoms with Crippen LogP contribution in [0.1, 0.15) is 45.7 Å². The first-order valence-electron chi connectivity index (χ1n) is 6.53. The molecule has 3 nitrogen and oxygen atoms in total. The van der Waals surface area contributed by atoms with Gasteiger partial charge in [0.2, 0.25) is 0 Å². The monoisotopic (exact) mass is 352 g/mol. The predicted molar refractivity (Wildman–Crippen MR) is 86.3 cm³/mol. The molecule has 5 heteroatoms. The van der Waals surface area contributed by atoms with E-state index in [1.54, 1.807) is 11.3 Å². The van der Waals surface area contributed by atoms with Gasteiger partial charge in [0, 0.05) is 21.1 Å². The van der Waals surface area contributed by atoms with E-state index >= 15 is 0 Å². The van der Waals surface area contributed by atoms with E-state index in [2.05, 4.69) is 33.2 Å². The molecule has 0 aliphatic rings. The van der Waals surface area contributed by atoms with Crippen LogP contribution in [-0.4, -0.2) is 10.9 Å². The fraction of sp³-hybridized carbons (Fsp3) is 0.333. The molecule has 1 atom stereocenters. The van der Waals surface area contributed by atoms with Crippen LogP contribution in [0, 0.1) is 6.92 Å². The molecule has 20 heavy (non-hydrogen) atoms. The summed E-state index contributed by atoms with van der Waals surface area (Å²) in [6.07, 6.45) is 2.86. The topological polar surface area (TPSA) is 42.0 Å². The summed E-state index contributed by atoms with van der Waals surface area (Å²) in [6.45, 7) is 6.00. The molecule has 1 heterocycles. The number of carbonyl (C=O) groups excluding carboxylic acids is 1. The maximum absolute atomic E-state index is 12.3. The van der Waals surface area contributed by atoms with Crippen LogP contribution in [0.5, 0.6) is 0 Å². The Kier molecular flexibility index (Phi) is 4.94. The van der Waals surface area contributed by atoms with Crippen molar-refractivity contribution in [2.75, 3.05) is 0 Å². The SMILES string of the molecule is CCc1cnc(C(C)NC(=O)c2cccc(Br)c2C)s1. The lowest BCUT2D eigenvalue weighted by Crippen LogP contribution is -2.27. The van der Waals surface area contributed by atoms with Gasteiger partial charge in [0.05, 0.1) is 6.04 Å². The lowest BCUT2D eigenvalue weighted by Gasteiger charge is -2.13. The number of hydrogen-bond acceptors (Lipinski definition) is 3. The zero-order chi connectivity index (χ0) is 14.7. The third kappa shape index (κ3) is 3.27. The van der Waals surface area contributed by atoms with Crippen LogP contribution in [-0.2, 0) is 6.42 Å². The molecule has 1 unspecified atom stereocenters. The molecule has 0 radical (unpaired) electrons. The minimum absolute atomic E-state index is 0.0652. The van der Waals surface area contributed by atoms with Gasteiger partial charge in [0.15, 0.2) is 0 Å². The fourth-order valence-electron chi connectivity index (χ4n) is 1.88. The average molecular weight is 353 g/mol. The second-order valence-electron chi connectivity index (χ2n) is 4.63. The molecular formula is C15H17BrN2OS. The van der Waals surface area contributed by atoms with Crippen LogP contribution in [0.25, 0.3) is 0 Å². The quantitative estimate of drug-likeness (QED) is 0.892. The molecule has 0 bridgehead atoms. The number of halogens is 1. The number of nitrogens with zero attached hydrogens (tertiary/aromatic N) is 1. The molecule has 1 N–H and O–H groups in total. The average Bonchev–Trinajstić information content (AvgIpc) is 2.90. The molecule has 106 valence electrons. The van der Waals surface area contributed by atoms with Crippen molar-refractivity contribution in [3.63, 3.8) is 0 Å². The van der Waals surface area contributed by atoms with Crippen molar-refractivity contribution in [3.8, 4) is 0 Å². The van der Waals surface area contributed by atoms with E-state index in [1.165, 1.54) is 4.88 Å². The van der Waals surface area contributed by atoms with Crippen LogP contribution in [0.2, 0.25) is 0 Å². The molecule has 0 fully saturated rings. The highest BCUT2D eigenvalue weighted by molar-refractivity contribution is 9.10. The smallest absolute Gasteiger partial charge is 0.252 e. The normalized spacial score (nSPS) is 12.2. The first kappa shape index (κ1) is 15.2. The van der Waals surface area contributed by atoms with E-state index in [9.17, 15) is 4.79 Å². The summed E-state index contributed by atoms with van der Waals surface area (Å²) < 4.78 is 0.945. The second kappa shape index (κ2) is 6.50. The molecule has 1 amide bonds. The maximum Gasteiger partial charge on any atom is 0.252 e. The van der Waals surface area contributed by atoms with Gasteiger partial charge in [-0.25, -0.2) is 4.98 Å². The zero-order valence-electron chi connectivity index (χ0n) is 11.7. The molecule has 0 aliphatic heterocycles. The molecule has 0 spiro atoms. The van der Waals surface area contributed by atoms with Gasteiger partial charge in [-0.1, -0.05) is 28.9 Å². The Balaban J connectivity index is 2.13. The molecule has 2 rings (SSSR count). The van der Waals surface area contributed by atoms with Gasteiger partial charge >= 0.3 is 0 Å². The van der Waals surface area contributed by atoms with Crippen molar-refractivity contribution in [2.24, 2.45) is 0 Å². The van der Waals surface area contributed by atoms with Gasteiger partial charge in [-0.2, -0.15) is 0 Å². The number of nitrogens with one attached hydrogen (secondary N) is 1.